The highest BCUT2D eigenvalue weighted by Gasteiger charge is 2.08. The molecule has 0 saturated heterocycles. The van der Waals surface area contributed by atoms with Crippen LogP contribution in [0.2, 0.25) is 10.0 Å². The van der Waals surface area contributed by atoms with E-state index in [4.69, 9.17) is 37.4 Å². The van der Waals surface area contributed by atoms with Crippen molar-refractivity contribution >= 4 is 46.8 Å². The van der Waals surface area contributed by atoms with Gasteiger partial charge in [-0.3, -0.25) is 4.79 Å². The number of methoxy groups -OCH3 is 2. The molecule has 0 fully saturated rings. The molecule has 0 unspecified atom stereocenters. The van der Waals surface area contributed by atoms with Gasteiger partial charge in [0.05, 0.1) is 24.3 Å². The highest BCUT2D eigenvalue weighted by atomic mass is 35.5. The average Bonchev–Trinajstić information content (AvgIpc) is 2.67. The lowest BCUT2D eigenvalue weighted by molar-refractivity contribution is -0.142. The fourth-order valence-electron chi connectivity index (χ4n) is 2.08. The van der Waals surface area contributed by atoms with Gasteiger partial charge >= 0.3 is 5.97 Å². The van der Waals surface area contributed by atoms with Gasteiger partial charge in [0.15, 0.2) is 18.1 Å². The average molecular weight is 410 g/mol. The Kier molecular flexibility index (Phi) is 7.52. The van der Waals surface area contributed by atoms with Crippen LogP contribution in [0.5, 0.6) is 11.5 Å². The summed E-state index contributed by atoms with van der Waals surface area (Å²) in [5, 5.41) is 3.24. The van der Waals surface area contributed by atoms with E-state index in [0.717, 1.165) is 0 Å². The standard InChI is InChI=1S/C19H17Cl2NO5/c1-25-16-7-3-12(9-17(16)26-2)4-8-19(24)27-11-18(23)22-13-5-6-14(20)15(21)10-13/h3-10H,11H2,1-2H3,(H,22,23)/b8-4+. The summed E-state index contributed by atoms with van der Waals surface area (Å²) in [6.45, 7) is -0.435. The number of rotatable bonds is 7. The molecule has 27 heavy (non-hydrogen) atoms. The Morgan fingerprint density at radius 3 is 2.41 bits per heavy atom. The third-order valence-corrected chi connectivity index (χ3v) is 4.11. The Morgan fingerprint density at radius 2 is 1.74 bits per heavy atom. The monoisotopic (exact) mass is 409 g/mol. The molecule has 1 N–H and O–H groups in total. The molecule has 8 heteroatoms. The summed E-state index contributed by atoms with van der Waals surface area (Å²) in [5.74, 6) is -0.0412. The number of ether oxygens (including phenoxy) is 3. The highest BCUT2D eigenvalue weighted by molar-refractivity contribution is 6.42. The summed E-state index contributed by atoms with van der Waals surface area (Å²) in [7, 11) is 3.06. The van der Waals surface area contributed by atoms with Gasteiger partial charge in [0.25, 0.3) is 5.91 Å². The van der Waals surface area contributed by atoms with E-state index >= 15 is 0 Å². The van der Waals surface area contributed by atoms with Crippen LogP contribution in [0.15, 0.2) is 42.5 Å². The molecule has 0 saturated carbocycles. The van der Waals surface area contributed by atoms with Crippen LogP contribution in [-0.2, 0) is 14.3 Å². The molecule has 0 aliphatic heterocycles. The molecule has 0 aliphatic carbocycles. The molecular formula is C19H17Cl2NO5. The Hall–Kier alpha value is -2.70. The number of esters is 1. The number of halogens is 2. The summed E-state index contributed by atoms with van der Waals surface area (Å²) in [6, 6.07) is 9.82. The van der Waals surface area contributed by atoms with Crippen molar-refractivity contribution in [2.45, 2.75) is 0 Å². The lowest BCUT2D eigenvalue weighted by Gasteiger charge is -2.07. The van der Waals surface area contributed by atoms with E-state index < -0.39 is 18.5 Å². The lowest BCUT2D eigenvalue weighted by Crippen LogP contribution is -2.20. The van der Waals surface area contributed by atoms with Crippen LogP contribution in [0.3, 0.4) is 0 Å². The fourth-order valence-corrected chi connectivity index (χ4v) is 2.37. The number of carbonyl (C=O) groups excluding carboxylic acids is 2. The first-order chi connectivity index (χ1) is 12.9. The Bertz CT molecular complexity index is 867. The zero-order chi connectivity index (χ0) is 19.8. The largest absolute Gasteiger partial charge is 0.493 e. The molecule has 0 aromatic heterocycles. The summed E-state index contributed by atoms with van der Waals surface area (Å²) >= 11 is 11.7. The fraction of sp³-hybridized carbons (Fsp3) is 0.158. The minimum absolute atomic E-state index is 0.310. The quantitative estimate of drug-likeness (QED) is 0.547. The van der Waals surface area contributed by atoms with Crippen molar-refractivity contribution in [1.29, 1.82) is 0 Å². The van der Waals surface area contributed by atoms with Crippen molar-refractivity contribution in [2.75, 3.05) is 26.1 Å². The highest BCUT2D eigenvalue weighted by Crippen LogP contribution is 2.28. The van der Waals surface area contributed by atoms with E-state index in [1.807, 2.05) is 0 Å². The molecule has 0 radical (unpaired) electrons. The molecule has 0 aliphatic rings. The third-order valence-electron chi connectivity index (χ3n) is 3.37. The van der Waals surface area contributed by atoms with E-state index in [-0.39, 0.29) is 0 Å². The summed E-state index contributed by atoms with van der Waals surface area (Å²) < 4.78 is 15.2. The lowest BCUT2D eigenvalue weighted by atomic mass is 10.2. The van der Waals surface area contributed by atoms with E-state index in [2.05, 4.69) is 5.32 Å². The molecule has 1 amide bonds. The molecule has 142 valence electrons. The van der Waals surface area contributed by atoms with Crippen LogP contribution < -0.4 is 14.8 Å². The van der Waals surface area contributed by atoms with Crippen molar-refractivity contribution < 1.29 is 23.8 Å². The van der Waals surface area contributed by atoms with Crippen LogP contribution in [0.4, 0.5) is 5.69 Å². The first kappa shape index (κ1) is 20.6. The number of anilines is 1. The van der Waals surface area contributed by atoms with E-state index in [1.165, 1.54) is 26.4 Å². The molecule has 6 nitrogen and oxygen atoms in total. The number of carbonyl (C=O) groups is 2. The van der Waals surface area contributed by atoms with Crippen molar-refractivity contribution in [1.82, 2.24) is 0 Å². The van der Waals surface area contributed by atoms with E-state index in [9.17, 15) is 9.59 Å². The minimum atomic E-state index is -0.658. The molecule has 2 aromatic carbocycles. The van der Waals surface area contributed by atoms with E-state index in [1.54, 1.807) is 36.4 Å². The van der Waals surface area contributed by atoms with Crippen LogP contribution in [0.25, 0.3) is 6.08 Å². The van der Waals surface area contributed by atoms with Gasteiger partial charge in [-0.15, -0.1) is 0 Å². The van der Waals surface area contributed by atoms with Crippen molar-refractivity contribution in [3.63, 3.8) is 0 Å². The second kappa shape index (κ2) is 9.85. The molecule has 2 aromatic rings. The third kappa shape index (κ3) is 6.20. The van der Waals surface area contributed by atoms with Crippen molar-refractivity contribution in [3.05, 3.63) is 58.1 Å². The SMILES string of the molecule is COc1ccc(/C=C/C(=O)OCC(=O)Nc2ccc(Cl)c(Cl)c2)cc1OC. The predicted molar refractivity (Wildman–Crippen MR) is 105 cm³/mol. The minimum Gasteiger partial charge on any atom is -0.493 e. The van der Waals surface area contributed by atoms with Gasteiger partial charge in [-0.05, 0) is 42.0 Å². The van der Waals surface area contributed by atoms with E-state index in [0.29, 0.717) is 32.8 Å². The van der Waals surface area contributed by atoms with Gasteiger partial charge in [0.1, 0.15) is 0 Å². The maximum atomic E-state index is 11.8. The van der Waals surface area contributed by atoms with Crippen LogP contribution in [0.1, 0.15) is 5.56 Å². The Balaban J connectivity index is 1.87. The molecule has 0 bridgehead atoms. The number of amides is 1. The Labute approximate surface area is 166 Å². The number of benzene rings is 2. The molecule has 2 rings (SSSR count). The van der Waals surface area contributed by atoms with Gasteiger partial charge in [0.2, 0.25) is 0 Å². The molecule has 0 heterocycles. The normalized spacial score (nSPS) is 10.5. The maximum Gasteiger partial charge on any atom is 0.331 e. The number of hydrogen-bond donors (Lipinski definition) is 1. The first-order valence-corrected chi connectivity index (χ1v) is 8.50. The second-order valence-electron chi connectivity index (χ2n) is 5.23. The van der Waals surface area contributed by atoms with Crippen LogP contribution in [-0.4, -0.2) is 32.7 Å². The second-order valence-corrected chi connectivity index (χ2v) is 6.05. The van der Waals surface area contributed by atoms with Gasteiger partial charge in [-0.1, -0.05) is 29.3 Å². The summed E-state index contributed by atoms with van der Waals surface area (Å²) in [6.07, 6.45) is 2.76. The summed E-state index contributed by atoms with van der Waals surface area (Å²) in [4.78, 5) is 23.6. The molecule has 0 atom stereocenters. The van der Waals surface area contributed by atoms with Crippen molar-refractivity contribution in [2.24, 2.45) is 0 Å². The zero-order valence-corrected chi connectivity index (χ0v) is 16.1. The Morgan fingerprint density at radius 1 is 1.00 bits per heavy atom. The van der Waals surface area contributed by atoms with Gasteiger partial charge < -0.3 is 19.5 Å². The number of nitrogens with one attached hydrogen (secondary N) is 1. The summed E-state index contributed by atoms with van der Waals surface area (Å²) in [5.41, 5.74) is 1.16. The van der Waals surface area contributed by atoms with Crippen molar-refractivity contribution in [3.8, 4) is 11.5 Å². The molecule has 0 spiro atoms. The van der Waals surface area contributed by atoms with Crippen LogP contribution >= 0.6 is 23.2 Å². The first-order valence-electron chi connectivity index (χ1n) is 7.74. The maximum absolute atomic E-state index is 11.8. The predicted octanol–water partition coefficient (Wildman–Crippen LogP) is 4.21. The van der Waals surface area contributed by atoms with Gasteiger partial charge in [-0.2, -0.15) is 0 Å². The van der Waals surface area contributed by atoms with Gasteiger partial charge in [-0.25, -0.2) is 4.79 Å². The van der Waals surface area contributed by atoms with Crippen LogP contribution in [0, 0.1) is 0 Å². The zero-order valence-electron chi connectivity index (χ0n) is 14.6. The molecular weight excluding hydrogens is 393 g/mol. The smallest absolute Gasteiger partial charge is 0.331 e. The van der Waals surface area contributed by atoms with Gasteiger partial charge in [0, 0.05) is 11.8 Å². The topological polar surface area (TPSA) is 73.9 Å². The number of hydrogen-bond acceptors (Lipinski definition) is 5.